The second-order valence-electron chi connectivity index (χ2n) is 10.4. The van der Waals surface area contributed by atoms with Gasteiger partial charge < -0.3 is 10.2 Å². The molecule has 0 unspecified atom stereocenters. The first-order chi connectivity index (χ1) is 19.6. The second-order valence-corrected chi connectivity index (χ2v) is 12.7. The van der Waals surface area contributed by atoms with Crippen LogP contribution >= 0.6 is 11.6 Å². The highest BCUT2D eigenvalue weighted by atomic mass is 35.5. The van der Waals surface area contributed by atoms with Crippen LogP contribution in [0.25, 0.3) is 0 Å². The van der Waals surface area contributed by atoms with Crippen LogP contribution in [0.4, 0.5) is 10.1 Å². The molecule has 10 heteroatoms. The van der Waals surface area contributed by atoms with E-state index in [0.717, 1.165) is 42.0 Å². The van der Waals surface area contributed by atoms with Crippen LogP contribution in [0.15, 0.2) is 77.7 Å². The Labute approximate surface area is 246 Å². The Hall–Kier alpha value is -3.43. The predicted octanol–water partition coefficient (Wildman–Crippen LogP) is 5.85. The van der Waals surface area contributed by atoms with Gasteiger partial charge in [-0.15, -0.1) is 0 Å². The first-order valence-corrected chi connectivity index (χ1v) is 15.6. The molecule has 0 saturated heterocycles. The minimum absolute atomic E-state index is 0.00523. The van der Waals surface area contributed by atoms with E-state index >= 15 is 0 Å². The molecule has 1 saturated carbocycles. The van der Waals surface area contributed by atoms with E-state index in [2.05, 4.69) is 5.32 Å². The van der Waals surface area contributed by atoms with E-state index in [9.17, 15) is 22.4 Å². The number of nitrogens with one attached hydrogen (secondary N) is 1. The quantitative estimate of drug-likeness (QED) is 0.317. The van der Waals surface area contributed by atoms with Gasteiger partial charge in [0.15, 0.2) is 0 Å². The van der Waals surface area contributed by atoms with Gasteiger partial charge in [0.2, 0.25) is 11.8 Å². The van der Waals surface area contributed by atoms with Gasteiger partial charge in [-0.3, -0.25) is 13.9 Å². The monoisotopic (exact) mass is 599 g/mol. The summed E-state index contributed by atoms with van der Waals surface area (Å²) >= 11 is 6.43. The van der Waals surface area contributed by atoms with E-state index < -0.39 is 34.3 Å². The van der Waals surface area contributed by atoms with Crippen LogP contribution in [-0.2, 0) is 26.2 Å². The molecule has 3 aromatic carbocycles. The highest BCUT2D eigenvalue weighted by molar-refractivity contribution is 7.92. The summed E-state index contributed by atoms with van der Waals surface area (Å²) in [5.41, 5.74) is 1.20. The van der Waals surface area contributed by atoms with E-state index in [1.54, 1.807) is 37.3 Å². The zero-order valence-electron chi connectivity index (χ0n) is 23.2. The summed E-state index contributed by atoms with van der Waals surface area (Å²) in [5, 5.41) is 3.17. The van der Waals surface area contributed by atoms with Gasteiger partial charge in [0.25, 0.3) is 10.0 Å². The number of aryl methyl sites for hydroxylation is 1. The van der Waals surface area contributed by atoms with Gasteiger partial charge in [-0.2, -0.15) is 0 Å². The Balaban J connectivity index is 1.69. The Morgan fingerprint density at radius 2 is 1.61 bits per heavy atom. The fourth-order valence-corrected chi connectivity index (χ4v) is 6.69. The summed E-state index contributed by atoms with van der Waals surface area (Å²) in [5.74, 6) is -1.57. The number of nitrogens with zero attached hydrogens (tertiary/aromatic N) is 2. The number of hydrogen-bond acceptors (Lipinski definition) is 4. The van der Waals surface area contributed by atoms with Crippen LogP contribution in [0.5, 0.6) is 0 Å². The van der Waals surface area contributed by atoms with Gasteiger partial charge in [-0.25, -0.2) is 12.8 Å². The lowest BCUT2D eigenvalue weighted by Crippen LogP contribution is -2.53. The fourth-order valence-electron chi connectivity index (χ4n) is 4.97. The second kappa shape index (κ2) is 13.5. The first kappa shape index (κ1) is 30.5. The molecule has 0 aliphatic heterocycles. The van der Waals surface area contributed by atoms with Crippen molar-refractivity contribution in [3.63, 3.8) is 0 Å². The van der Waals surface area contributed by atoms with Gasteiger partial charge >= 0.3 is 0 Å². The summed E-state index contributed by atoms with van der Waals surface area (Å²) in [7, 11) is -4.24. The largest absolute Gasteiger partial charge is 0.352 e. The van der Waals surface area contributed by atoms with Crippen molar-refractivity contribution in [3.05, 3.63) is 94.8 Å². The van der Waals surface area contributed by atoms with Gasteiger partial charge in [0.1, 0.15) is 18.4 Å². The van der Waals surface area contributed by atoms with Crippen LogP contribution < -0.4 is 9.62 Å². The normalized spacial score (nSPS) is 14.7. The van der Waals surface area contributed by atoms with Crippen molar-refractivity contribution >= 4 is 39.1 Å². The lowest BCUT2D eigenvalue weighted by atomic mass is 9.95. The van der Waals surface area contributed by atoms with Crippen LogP contribution in [0.2, 0.25) is 5.02 Å². The van der Waals surface area contributed by atoms with E-state index in [-0.39, 0.29) is 39.7 Å². The van der Waals surface area contributed by atoms with Crippen molar-refractivity contribution in [3.8, 4) is 0 Å². The molecular formula is C31H35ClFN3O4S. The number of carbonyl (C=O) groups is 2. The molecule has 0 aromatic heterocycles. The molecule has 7 nitrogen and oxygen atoms in total. The average Bonchev–Trinajstić information content (AvgIpc) is 2.96. The highest BCUT2D eigenvalue weighted by Crippen LogP contribution is 2.31. The van der Waals surface area contributed by atoms with Crippen LogP contribution in [0, 0.1) is 12.7 Å². The van der Waals surface area contributed by atoms with Gasteiger partial charge in [-0.05, 0) is 57.0 Å². The number of benzene rings is 3. The lowest BCUT2D eigenvalue weighted by Gasteiger charge is -2.33. The van der Waals surface area contributed by atoms with Crippen LogP contribution in [-0.4, -0.2) is 43.8 Å². The molecule has 41 heavy (non-hydrogen) atoms. The standard InChI is InChI=1S/C31H35ClFN3O4S/c1-22-16-18-26(19-17-22)41(39,40)36(29-15-9-7-13-27(29)32)21-30(37)35(20-24-10-6-8-14-28(24)33)23(2)31(38)34-25-11-4-3-5-12-25/h6-10,13-19,23,25H,3-5,11-12,20-21H2,1-2H3,(H,34,38)/t23-/m1/s1. The van der Waals surface area contributed by atoms with E-state index in [1.807, 2.05) is 6.92 Å². The number of rotatable bonds is 10. The van der Waals surface area contributed by atoms with Crippen LogP contribution in [0.1, 0.15) is 50.2 Å². The first-order valence-electron chi connectivity index (χ1n) is 13.7. The molecule has 1 aliphatic rings. The number of carbonyl (C=O) groups excluding carboxylic acids is 2. The number of halogens is 2. The third-order valence-corrected chi connectivity index (χ3v) is 9.52. The molecule has 218 valence electrons. The summed E-state index contributed by atoms with van der Waals surface area (Å²) in [6.45, 7) is 2.55. The van der Waals surface area contributed by atoms with Gasteiger partial charge in [0, 0.05) is 18.2 Å². The Morgan fingerprint density at radius 3 is 2.27 bits per heavy atom. The minimum Gasteiger partial charge on any atom is -0.352 e. The van der Waals surface area contributed by atoms with E-state index in [4.69, 9.17) is 11.6 Å². The molecule has 2 amide bonds. The molecule has 4 rings (SSSR count). The SMILES string of the molecule is Cc1ccc(S(=O)(=O)N(CC(=O)N(Cc2ccccc2F)[C@H](C)C(=O)NC2CCCCC2)c2ccccc2Cl)cc1. The van der Waals surface area contributed by atoms with Crippen molar-refractivity contribution in [2.24, 2.45) is 0 Å². The number of anilines is 1. The molecular weight excluding hydrogens is 565 g/mol. The number of para-hydroxylation sites is 1. The fraction of sp³-hybridized carbons (Fsp3) is 0.355. The maximum atomic E-state index is 14.7. The topological polar surface area (TPSA) is 86.8 Å². The Kier molecular flexibility index (Phi) is 10.0. The molecule has 0 bridgehead atoms. The van der Waals surface area contributed by atoms with Crippen molar-refractivity contribution < 1.29 is 22.4 Å². The lowest BCUT2D eigenvalue weighted by molar-refractivity contribution is -0.139. The van der Waals surface area contributed by atoms with Crippen molar-refractivity contribution in [1.29, 1.82) is 0 Å². The minimum atomic E-state index is -4.24. The summed E-state index contributed by atoms with van der Waals surface area (Å²) < 4.78 is 43.4. The maximum absolute atomic E-state index is 14.7. The van der Waals surface area contributed by atoms with Gasteiger partial charge in [0.05, 0.1) is 15.6 Å². The Morgan fingerprint density at radius 1 is 0.976 bits per heavy atom. The summed E-state index contributed by atoms with van der Waals surface area (Å²) in [6, 6.07) is 17.6. The molecule has 0 radical (unpaired) electrons. The smallest absolute Gasteiger partial charge is 0.264 e. The van der Waals surface area contributed by atoms with Crippen molar-refractivity contribution in [2.45, 2.75) is 69.5 Å². The predicted molar refractivity (Wildman–Crippen MR) is 159 cm³/mol. The molecule has 1 fully saturated rings. The summed E-state index contributed by atoms with van der Waals surface area (Å²) in [6.07, 6.45) is 4.86. The zero-order chi connectivity index (χ0) is 29.6. The Bertz CT molecular complexity index is 1480. The van der Waals surface area contributed by atoms with Crippen molar-refractivity contribution in [2.75, 3.05) is 10.8 Å². The number of sulfonamides is 1. The average molecular weight is 600 g/mol. The zero-order valence-corrected chi connectivity index (χ0v) is 24.8. The van der Waals surface area contributed by atoms with Gasteiger partial charge in [-0.1, -0.05) is 78.9 Å². The molecule has 1 N–H and O–H groups in total. The third-order valence-electron chi connectivity index (χ3n) is 7.43. The highest BCUT2D eigenvalue weighted by Gasteiger charge is 2.34. The molecule has 1 atom stereocenters. The maximum Gasteiger partial charge on any atom is 0.264 e. The number of hydrogen-bond donors (Lipinski definition) is 1. The molecule has 0 spiro atoms. The molecule has 0 heterocycles. The third kappa shape index (κ3) is 7.45. The van der Waals surface area contributed by atoms with Crippen LogP contribution in [0.3, 0.4) is 0 Å². The van der Waals surface area contributed by atoms with E-state index in [1.165, 1.54) is 47.4 Å². The van der Waals surface area contributed by atoms with E-state index in [0.29, 0.717) is 0 Å². The molecule has 1 aliphatic carbocycles. The van der Waals surface area contributed by atoms with Crippen molar-refractivity contribution in [1.82, 2.24) is 10.2 Å². The summed E-state index contributed by atoms with van der Waals surface area (Å²) in [4.78, 5) is 28.6. The number of amides is 2. The molecule has 3 aromatic rings.